The first-order valence-electron chi connectivity index (χ1n) is 48.0. The van der Waals surface area contributed by atoms with Gasteiger partial charge in [0, 0.05) is 87.9 Å². The molecule has 133 heavy (non-hydrogen) atoms. The number of halogens is 2. The second-order valence-corrected chi connectivity index (χ2v) is 78.8. The molecule has 0 bridgehead atoms. The van der Waals surface area contributed by atoms with Crippen LogP contribution in [0.1, 0.15) is 330 Å². The molecular formula is C107H134BrClLiN3O6S12Sn2. The summed E-state index contributed by atoms with van der Waals surface area (Å²) < 4.78 is 11.9. The first-order valence-corrected chi connectivity index (χ1v) is 75.9. The van der Waals surface area contributed by atoms with E-state index in [0.717, 1.165) is 136 Å². The minimum absolute atomic E-state index is 0. The van der Waals surface area contributed by atoms with E-state index in [0.29, 0.717) is 51.0 Å². The Labute approximate surface area is 875 Å². The molecule has 3 aliphatic heterocycles. The summed E-state index contributed by atoms with van der Waals surface area (Å²) in [6, 6.07) is 44.4. The van der Waals surface area contributed by atoms with Crippen molar-refractivity contribution in [3.8, 4) is 48.8 Å². The van der Waals surface area contributed by atoms with Crippen LogP contribution in [0, 0.1) is 13.8 Å². The van der Waals surface area contributed by atoms with Crippen LogP contribution < -0.4 is 21.8 Å². The Kier molecular flexibility index (Phi) is 50.5. The molecule has 15 heterocycles. The maximum atomic E-state index is 13.0. The van der Waals surface area contributed by atoms with E-state index in [1.54, 1.807) is 92.7 Å². The predicted molar refractivity (Wildman–Crippen MR) is 600 cm³/mol. The van der Waals surface area contributed by atoms with Gasteiger partial charge in [-0.3, -0.25) is 43.5 Å². The molecule has 0 aromatic carbocycles. The minimum atomic E-state index is -2.22. The molecule has 708 valence electrons. The summed E-state index contributed by atoms with van der Waals surface area (Å²) in [6.45, 7) is 29.8. The summed E-state index contributed by atoms with van der Waals surface area (Å²) in [5.41, 5.74) is 1.67. The number of nitrogens with zero attached hydrogens (tertiary/aromatic N) is 3. The first-order chi connectivity index (χ1) is 64.1. The zero-order chi connectivity index (χ0) is 94.4. The summed E-state index contributed by atoms with van der Waals surface area (Å²) in [7, 11) is 6.89. The van der Waals surface area contributed by atoms with Gasteiger partial charge in [0.25, 0.3) is 35.4 Å². The predicted octanol–water partition coefficient (Wildman–Crippen LogP) is 35.2. The Morgan fingerprint density at radius 1 is 0.316 bits per heavy atom. The molecule has 12 aromatic heterocycles. The van der Waals surface area contributed by atoms with Crippen LogP contribution in [0.5, 0.6) is 0 Å². The number of rotatable bonds is 46. The van der Waals surface area contributed by atoms with Gasteiger partial charge in [0.2, 0.25) is 0 Å². The Balaban J connectivity index is 0.000000209. The van der Waals surface area contributed by atoms with Gasteiger partial charge in [-0.2, -0.15) is 6.42 Å². The van der Waals surface area contributed by atoms with Crippen molar-refractivity contribution in [2.75, 3.05) is 19.6 Å². The number of amides is 6. The van der Waals surface area contributed by atoms with E-state index in [1.165, 1.54) is 180 Å². The summed E-state index contributed by atoms with van der Waals surface area (Å²) in [4.78, 5) is 103. The maximum Gasteiger partial charge on any atom is 1.00 e. The van der Waals surface area contributed by atoms with Gasteiger partial charge >= 0.3 is 292 Å². The van der Waals surface area contributed by atoms with E-state index >= 15 is 0 Å². The SMILES string of the molecule is C(=C\c1cccs1)/c1cccs1.CCCCCCN1C(=O)c2cc(-c3ccc(-c4ccc(/C=C/c5ccc(-c6ccc(-c7cc8c(s7)C(=O)N(CCCCCC)C8=O)s6)s5)s4)s3)sc2C1=O.CCCCCCN1C(=O)c2cc(-c3ccc(Br)s3)sc2C1=O.CCC[CH2][Sn]([CH2]CCC)([CH2]CCC)[c]1ccc(/C=C/c2ccc(C)s2)s1.CCC[CH2][Sn]([Cl])([CH2]CCC)[CH2]CCC.[CH2-]CCC.[Li+]. The monoisotopic (exact) mass is 2300 g/mol. The number of carbonyl (C=O) groups is 6. The average molecular weight is 2300 g/mol. The molecule has 6 amide bonds. The van der Waals surface area contributed by atoms with Crippen molar-refractivity contribution >= 4 is 271 Å². The van der Waals surface area contributed by atoms with Crippen LogP contribution >= 0.6 is 161 Å². The fourth-order valence-electron chi connectivity index (χ4n) is 15.8. The van der Waals surface area contributed by atoms with Crippen molar-refractivity contribution in [2.24, 2.45) is 0 Å². The number of hydrogen-bond acceptors (Lipinski definition) is 18. The standard InChI is InChI=1S/C42H38N2O4S6.C16H16BrNO2S2.C11H9S2.C10H8S2.7C4H9.ClH.Li.2Sn/c1-3-5-7-9-21-43-39(45)27-23-35(53-37(27)41(43)47)33-19-17-31(51-33)29-15-13-25(49-29)11-12-26-14-16-30(50-26)32-18-20-34(52-32)36-24-28-38(54-36)42(48)44(40(28)46)22-10-8-6-4-2;1-2-3-4-5-8-18-15(19)10-9-12(22-14(10)16(18)20)11-6-7-13(17)21-11;1-9-4-5-11(13-9)7-6-10-3-2-8-12-10;1-3-9(11-7-1)5-6-10-4-2-8-12-10;7*1-3-4-2;;;;/h11-20,23-24H,3-10,21-22H2,1-2H3;6-7,9H,2-5,8H2,1H3;2-7H,1H3;1-8H;7*1,3-4H2,2H3;1H;;;/q;;;;;;;;;;-1;;+1;;+1/p-1/b12-11+;;7-6+;6-5+;;;;;;;;;;;. The second kappa shape index (κ2) is 59.7. The van der Waals surface area contributed by atoms with E-state index in [1.807, 2.05) is 44.6 Å². The van der Waals surface area contributed by atoms with Gasteiger partial charge in [-0.15, -0.1) is 113 Å². The van der Waals surface area contributed by atoms with Crippen molar-refractivity contribution < 1.29 is 47.6 Å². The topological polar surface area (TPSA) is 112 Å². The summed E-state index contributed by atoms with van der Waals surface area (Å²) in [6.07, 6.45) is 44.6. The fraction of sp³-hybridized carbons (Fsp3) is 0.430. The smallest absolute Gasteiger partial charge is 0.343 e. The van der Waals surface area contributed by atoms with Gasteiger partial charge in [0.15, 0.2) is 0 Å². The van der Waals surface area contributed by atoms with Crippen LogP contribution in [0.25, 0.3) is 85.2 Å². The van der Waals surface area contributed by atoms with Crippen LogP contribution in [0.4, 0.5) is 0 Å². The fourth-order valence-corrected chi connectivity index (χ4v) is 60.1. The van der Waals surface area contributed by atoms with E-state index in [9.17, 15) is 28.8 Å². The van der Waals surface area contributed by atoms with E-state index < -0.39 is 35.6 Å². The molecule has 12 aromatic rings. The van der Waals surface area contributed by atoms with Crippen LogP contribution in [-0.4, -0.2) is 105 Å². The summed E-state index contributed by atoms with van der Waals surface area (Å²) >= 11 is 19.4. The quantitative estimate of drug-likeness (QED) is 0.0163. The second-order valence-electron chi connectivity index (χ2n) is 34.0. The Hall–Kier alpha value is -4.00. The Morgan fingerprint density at radius 3 is 0.932 bits per heavy atom. The molecule has 0 fully saturated rings. The molecule has 0 unspecified atom stereocenters. The van der Waals surface area contributed by atoms with Crippen molar-refractivity contribution in [1.82, 2.24) is 14.7 Å². The minimum Gasteiger partial charge on any atom is -0.343 e. The third-order valence-electron chi connectivity index (χ3n) is 23.4. The van der Waals surface area contributed by atoms with Crippen molar-refractivity contribution in [2.45, 2.75) is 270 Å². The first kappa shape index (κ1) is 113. The molecule has 0 aliphatic carbocycles. The van der Waals surface area contributed by atoms with E-state index in [-0.39, 0.29) is 54.3 Å². The molecule has 0 saturated heterocycles. The summed E-state index contributed by atoms with van der Waals surface area (Å²) in [5, 5.41) is 4.18. The molecule has 3 aliphatic rings. The Morgan fingerprint density at radius 2 is 0.617 bits per heavy atom. The summed E-state index contributed by atoms with van der Waals surface area (Å²) in [5.74, 6) is -0.858. The third-order valence-corrected chi connectivity index (χ3v) is 70.2. The molecular weight excluding hydrogens is 2170 g/mol. The number of aryl methyl sites for hydroxylation is 1. The van der Waals surface area contributed by atoms with Crippen molar-refractivity contribution in [3.63, 3.8) is 0 Å². The zero-order valence-corrected chi connectivity index (χ0v) is 98.0. The van der Waals surface area contributed by atoms with E-state index in [2.05, 4.69) is 255 Å². The van der Waals surface area contributed by atoms with Gasteiger partial charge in [-0.25, -0.2) is 0 Å². The molecule has 0 radical (unpaired) electrons. The normalized spacial score (nSPS) is 12.9. The molecule has 0 saturated carbocycles. The Bertz CT molecular complexity index is 5280. The van der Waals surface area contributed by atoms with Gasteiger partial charge < -0.3 is 6.92 Å². The number of fused-ring (bicyclic) bond motifs is 3. The van der Waals surface area contributed by atoms with Gasteiger partial charge in [-0.05, 0) is 161 Å². The molecule has 0 N–H and O–H groups in total. The number of thiophene rings is 12. The van der Waals surface area contributed by atoms with Crippen molar-refractivity contribution in [1.29, 1.82) is 0 Å². The number of unbranched alkanes of at least 4 members (excludes halogenated alkanes) is 16. The zero-order valence-electron chi connectivity index (χ0n) is 80.1. The largest absolute Gasteiger partial charge is 1.00 e. The molecule has 15 rings (SSSR count). The van der Waals surface area contributed by atoms with Crippen LogP contribution in [0.3, 0.4) is 0 Å². The van der Waals surface area contributed by atoms with Crippen molar-refractivity contribution in [3.05, 3.63) is 214 Å². The van der Waals surface area contributed by atoms with Gasteiger partial charge in [-0.1, -0.05) is 104 Å². The number of hydrogen-bond donors (Lipinski definition) is 0. The number of carbonyl (C=O) groups excluding carboxylic acids is 6. The van der Waals surface area contributed by atoms with Crippen LogP contribution in [-0.2, 0) is 0 Å². The van der Waals surface area contributed by atoms with Gasteiger partial charge in [0.05, 0.1) is 20.5 Å². The molecule has 9 nitrogen and oxygen atoms in total. The average Bonchev–Trinajstić information content (AvgIpc) is 1.60. The van der Waals surface area contributed by atoms with Crippen LogP contribution in [0.15, 0.2) is 142 Å². The molecule has 26 heteroatoms. The van der Waals surface area contributed by atoms with Gasteiger partial charge in [0.1, 0.15) is 14.6 Å². The number of imide groups is 3. The molecule has 0 spiro atoms. The van der Waals surface area contributed by atoms with Crippen LogP contribution in [0.2, 0.25) is 26.6 Å². The van der Waals surface area contributed by atoms with E-state index in [4.69, 9.17) is 8.92 Å². The third kappa shape index (κ3) is 33.3. The molecule has 0 atom stereocenters. The maximum absolute atomic E-state index is 13.0.